The first kappa shape index (κ1) is 20.0. The van der Waals surface area contributed by atoms with Gasteiger partial charge in [0.25, 0.3) is 11.6 Å². The van der Waals surface area contributed by atoms with Gasteiger partial charge in [-0.3, -0.25) is 14.9 Å². The number of ether oxygens (including phenoxy) is 1. The zero-order valence-corrected chi connectivity index (χ0v) is 16.4. The maximum Gasteiger partial charge on any atom is 0.345 e. The van der Waals surface area contributed by atoms with Crippen molar-refractivity contribution in [3.63, 3.8) is 0 Å². The number of nitrogens with one attached hydrogen (secondary N) is 1. The van der Waals surface area contributed by atoms with Gasteiger partial charge in [-0.25, -0.2) is 4.79 Å². The van der Waals surface area contributed by atoms with Gasteiger partial charge in [-0.2, -0.15) is 0 Å². The monoisotopic (exact) mass is 411 g/mol. The molecule has 0 unspecified atom stereocenters. The number of non-ortho nitro benzene ring substituents is 1. The van der Waals surface area contributed by atoms with E-state index in [0.717, 1.165) is 0 Å². The second-order valence-electron chi connectivity index (χ2n) is 6.20. The van der Waals surface area contributed by atoms with Gasteiger partial charge in [-0.1, -0.05) is 6.07 Å². The lowest BCUT2D eigenvalue weighted by molar-refractivity contribution is -0.384. The second kappa shape index (κ2) is 8.53. The summed E-state index contributed by atoms with van der Waals surface area (Å²) in [5.41, 5.74) is 0.932. The van der Waals surface area contributed by atoms with Gasteiger partial charge in [-0.05, 0) is 41.8 Å². The van der Waals surface area contributed by atoms with Crippen LogP contribution in [-0.2, 0) is 0 Å². The predicted octanol–water partition coefficient (Wildman–Crippen LogP) is 4.19. The molecule has 0 radical (unpaired) electrons. The van der Waals surface area contributed by atoms with Crippen LogP contribution in [0.3, 0.4) is 0 Å². The molecule has 148 valence electrons. The van der Waals surface area contributed by atoms with Crippen LogP contribution in [0.1, 0.15) is 20.0 Å². The van der Waals surface area contributed by atoms with E-state index in [1.54, 1.807) is 43.3 Å². The molecule has 9 heteroatoms. The maximum absolute atomic E-state index is 12.6. The van der Waals surface area contributed by atoms with Crippen molar-refractivity contribution in [2.24, 2.45) is 0 Å². The van der Waals surface area contributed by atoms with Crippen LogP contribution in [0.5, 0.6) is 5.75 Å². The Morgan fingerprint density at radius 2 is 1.83 bits per heavy atom. The fourth-order valence-electron chi connectivity index (χ4n) is 2.56. The lowest BCUT2D eigenvalue weighted by atomic mass is 10.1. The van der Waals surface area contributed by atoms with E-state index in [2.05, 4.69) is 5.32 Å². The molecule has 1 aromatic heterocycles. The van der Waals surface area contributed by atoms with Crippen molar-refractivity contribution in [1.29, 1.82) is 0 Å². The SMILES string of the molecule is CN(C)c1ccc([N+](=O)[O-])cc1C(=O)Oc1ccc(NC(=O)c2cccs2)cc1. The number of hydrogen-bond acceptors (Lipinski definition) is 7. The van der Waals surface area contributed by atoms with Crippen LogP contribution in [0.2, 0.25) is 0 Å². The Bertz CT molecular complexity index is 1050. The quantitative estimate of drug-likeness (QED) is 0.282. The van der Waals surface area contributed by atoms with E-state index in [9.17, 15) is 19.7 Å². The number of rotatable bonds is 6. The zero-order chi connectivity index (χ0) is 21.0. The summed E-state index contributed by atoms with van der Waals surface area (Å²) < 4.78 is 5.36. The number of anilines is 2. The molecule has 0 bridgehead atoms. The highest BCUT2D eigenvalue weighted by molar-refractivity contribution is 7.12. The molecule has 1 amide bonds. The highest BCUT2D eigenvalue weighted by Crippen LogP contribution is 2.26. The number of carbonyl (C=O) groups is 2. The summed E-state index contributed by atoms with van der Waals surface area (Å²) in [6, 6.07) is 13.8. The standard InChI is InChI=1S/C20H17N3O5S/c1-22(2)17-10-7-14(23(26)27)12-16(17)20(25)28-15-8-5-13(6-9-15)21-19(24)18-4-3-11-29-18/h3-12H,1-2H3,(H,21,24). The Kier molecular flexibility index (Phi) is 5.89. The molecule has 0 saturated carbocycles. The maximum atomic E-state index is 12.6. The second-order valence-corrected chi connectivity index (χ2v) is 7.15. The van der Waals surface area contributed by atoms with Gasteiger partial charge in [0.1, 0.15) is 5.75 Å². The first-order valence-corrected chi connectivity index (χ1v) is 9.36. The Hall–Kier alpha value is -3.72. The zero-order valence-electron chi connectivity index (χ0n) is 15.6. The third kappa shape index (κ3) is 4.77. The van der Waals surface area contributed by atoms with Crippen molar-refractivity contribution in [1.82, 2.24) is 0 Å². The number of nitro groups is 1. The van der Waals surface area contributed by atoms with Crippen molar-refractivity contribution < 1.29 is 19.2 Å². The highest BCUT2D eigenvalue weighted by Gasteiger charge is 2.20. The topological polar surface area (TPSA) is 102 Å². The lowest BCUT2D eigenvalue weighted by Crippen LogP contribution is -2.17. The first-order valence-electron chi connectivity index (χ1n) is 8.48. The molecule has 2 aromatic carbocycles. The van der Waals surface area contributed by atoms with E-state index < -0.39 is 10.9 Å². The number of nitro benzene ring substituents is 1. The highest BCUT2D eigenvalue weighted by atomic mass is 32.1. The average Bonchev–Trinajstić information content (AvgIpc) is 3.24. The molecule has 1 heterocycles. The molecule has 29 heavy (non-hydrogen) atoms. The number of hydrogen-bond donors (Lipinski definition) is 1. The number of nitrogens with zero attached hydrogens (tertiary/aromatic N) is 2. The van der Waals surface area contributed by atoms with Gasteiger partial charge < -0.3 is 15.0 Å². The van der Waals surface area contributed by atoms with Crippen LogP contribution in [0, 0.1) is 10.1 Å². The third-order valence-corrected chi connectivity index (χ3v) is 4.83. The van der Waals surface area contributed by atoms with E-state index in [4.69, 9.17) is 4.74 Å². The minimum Gasteiger partial charge on any atom is -0.423 e. The smallest absolute Gasteiger partial charge is 0.345 e. The van der Waals surface area contributed by atoms with Crippen molar-refractivity contribution in [3.05, 3.63) is 80.5 Å². The number of esters is 1. The van der Waals surface area contributed by atoms with E-state index in [0.29, 0.717) is 16.3 Å². The van der Waals surface area contributed by atoms with Crippen LogP contribution in [0.25, 0.3) is 0 Å². The molecule has 0 saturated heterocycles. The summed E-state index contributed by atoms with van der Waals surface area (Å²) in [6.45, 7) is 0. The predicted molar refractivity (Wildman–Crippen MR) is 111 cm³/mol. The molecule has 0 fully saturated rings. The van der Waals surface area contributed by atoms with Crippen LogP contribution in [0.4, 0.5) is 17.1 Å². The molecular weight excluding hydrogens is 394 g/mol. The number of benzene rings is 2. The number of carbonyl (C=O) groups excluding carboxylic acids is 2. The molecule has 1 N–H and O–H groups in total. The van der Waals surface area contributed by atoms with Gasteiger partial charge in [0.05, 0.1) is 21.1 Å². The molecule has 0 aliphatic rings. The molecule has 8 nitrogen and oxygen atoms in total. The van der Waals surface area contributed by atoms with Gasteiger partial charge in [-0.15, -0.1) is 11.3 Å². The summed E-state index contributed by atoms with van der Waals surface area (Å²) in [4.78, 5) is 37.4. The summed E-state index contributed by atoms with van der Waals surface area (Å²) >= 11 is 1.33. The third-order valence-electron chi connectivity index (χ3n) is 3.96. The molecule has 0 aliphatic heterocycles. The van der Waals surface area contributed by atoms with Gasteiger partial charge in [0.15, 0.2) is 0 Å². The van der Waals surface area contributed by atoms with Crippen molar-refractivity contribution in [3.8, 4) is 5.75 Å². The van der Waals surface area contributed by atoms with Gasteiger partial charge in [0, 0.05) is 31.9 Å². The average molecular weight is 411 g/mol. The molecule has 3 rings (SSSR count). The molecule has 3 aromatic rings. The minimum absolute atomic E-state index is 0.0827. The Labute approximate surface area is 170 Å². The minimum atomic E-state index is -0.715. The van der Waals surface area contributed by atoms with E-state index in [1.807, 2.05) is 5.38 Å². The number of thiophene rings is 1. The summed E-state index contributed by atoms with van der Waals surface area (Å²) in [5, 5.41) is 15.6. The van der Waals surface area contributed by atoms with Crippen molar-refractivity contribution in [2.45, 2.75) is 0 Å². The van der Waals surface area contributed by atoms with E-state index >= 15 is 0 Å². The van der Waals surface area contributed by atoms with Crippen LogP contribution >= 0.6 is 11.3 Å². The van der Waals surface area contributed by atoms with Crippen molar-refractivity contribution >= 4 is 40.3 Å². The molecular formula is C20H17N3O5S. The fraction of sp³-hybridized carbons (Fsp3) is 0.100. The molecule has 0 aliphatic carbocycles. The Morgan fingerprint density at radius 3 is 2.41 bits per heavy atom. The van der Waals surface area contributed by atoms with Gasteiger partial charge in [0.2, 0.25) is 0 Å². The fourth-order valence-corrected chi connectivity index (χ4v) is 3.18. The molecule has 0 atom stereocenters. The first-order chi connectivity index (χ1) is 13.8. The van der Waals surface area contributed by atoms with Crippen LogP contribution in [-0.4, -0.2) is 30.9 Å². The number of amides is 1. The van der Waals surface area contributed by atoms with E-state index in [-0.39, 0.29) is 22.9 Å². The normalized spacial score (nSPS) is 10.3. The van der Waals surface area contributed by atoms with Crippen LogP contribution in [0.15, 0.2) is 60.0 Å². The van der Waals surface area contributed by atoms with Gasteiger partial charge >= 0.3 is 5.97 Å². The van der Waals surface area contributed by atoms with Crippen LogP contribution < -0.4 is 15.0 Å². The van der Waals surface area contributed by atoms with Crippen molar-refractivity contribution in [2.75, 3.05) is 24.3 Å². The summed E-state index contributed by atoms with van der Waals surface area (Å²) in [5.74, 6) is -0.690. The van der Waals surface area contributed by atoms with E-state index in [1.165, 1.54) is 41.7 Å². The molecule has 0 spiro atoms. The summed E-state index contributed by atoms with van der Waals surface area (Å²) in [7, 11) is 3.45. The Morgan fingerprint density at radius 1 is 1.10 bits per heavy atom. The Balaban J connectivity index is 1.75. The largest absolute Gasteiger partial charge is 0.423 e. The summed E-state index contributed by atoms with van der Waals surface area (Å²) in [6.07, 6.45) is 0. The lowest BCUT2D eigenvalue weighted by Gasteiger charge is -2.16.